The van der Waals surface area contributed by atoms with E-state index >= 15 is 0 Å². The van der Waals surface area contributed by atoms with Crippen LogP contribution in [0, 0.1) is 5.82 Å². The molecule has 0 bridgehead atoms. The smallest absolute Gasteiger partial charge is 0.173 e. The molecule has 3 aromatic heterocycles. The molecular formula is C23H22FN5. The zero-order chi connectivity index (χ0) is 19.6. The second-order valence-electron chi connectivity index (χ2n) is 7.54. The Balaban J connectivity index is 1.25. The predicted octanol–water partition coefficient (Wildman–Crippen LogP) is 4.31. The molecule has 0 aliphatic carbocycles. The molecule has 1 fully saturated rings. The summed E-state index contributed by atoms with van der Waals surface area (Å²) in [4.78, 5) is 16.2. The molecule has 1 aromatic carbocycles. The Hall–Kier alpha value is -3.12. The van der Waals surface area contributed by atoms with Crippen LogP contribution < -0.4 is 0 Å². The number of piperidine rings is 1. The molecule has 4 heterocycles. The Morgan fingerprint density at radius 1 is 0.966 bits per heavy atom. The molecule has 6 heteroatoms. The Bertz CT molecular complexity index is 1120. The van der Waals surface area contributed by atoms with Crippen molar-refractivity contribution in [3.63, 3.8) is 0 Å². The fourth-order valence-corrected chi connectivity index (χ4v) is 4.02. The van der Waals surface area contributed by atoms with E-state index in [4.69, 9.17) is 4.98 Å². The molecule has 1 saturated heterocycles. The monoisotopic (exact) mass is 387 g/mol. The highest BCUT2D eigenvalue weighted by Gasteiger charge is 2.23. The maximum atomic E-state index is 13.9. The molecule has 29 heavy (non-hydrogen) atoms. The second kappa shape index (κ2) is 7.72. The Labute approximate surface area is 168 Å². The third-order valence-corrected chi connectivity index (χ3v) is 5.57. The molecule has 0 N–H and O–H groups in total. The molecule has 1 aliphatic rings. The molecule has 5 nitrogen and oxygen atoms in total. The van der Waals surface area contributed by atoms with E-state index in [1.807, 2.05) is 42.9 Å². The van der Waals surface area contributed by atoms with E-state index in [-0.39, 0.29) is 5.82 Å². The Kier molecular flexibility index (Phi) is 4.77. The van der Waals surface area contributed by atoms with Gasteiger partial charge in [0.1, 0.15) is 5.82 Å². The number of halogens is 1. The van der Waals surface area contributed by atoms with Gasteiger partial charge in [0.15, 0.2) is 11.5 Å². The topological polar surface area (TPSA) is 46.3 Å². The van der Waals surface area contributed by atoms with Gasteiger partial charge in [0, 0.05) is 36.6 Å². The maximum Gasteiger partial charge on any atom is 0.173 e. The lowest BCUT2D eigenvalue weighted by molar-refractivity contribution is 0.200. The van der Waals surface area contributed by atoms with Gasteiger partial charge >= 0.3 is 0 Å². The summed E-state index contributed by atoms with van der Waals surface area (Å²) in [6, 6.07) is 15.3. The number of pyridine rings is 1. The number of aromatic nitrogens is 4. The average molecular weight is 387 g/mol. The van der Waals surface area contributed by atoms with Crippen LogP contribution in [0.15, 0.2) is 67.1 Å². The van der Waals surface area contributed by atoms with Gasteiger partial charge in [-0.1, -0.05) is 30.3 Å². The van der Waals surface area contributed by atoms with Crippen molar-refractivity contribution in [3.05, 3.63) is 84.5 Å². The zero-order valence-corrected chi connectivity index (χ0v) is 16.1. The van der Waals surface area contributed by atoms with E-state index in [9.17, 15) is 4.39 Å². The van der Waals surface area contributed by atoms with Crippen molar-refractivity contribution >= 4 is 5.65 Å². The number of hydrogen-bond acceptors (Lipinski definition) is 4. The molecule has 1 aliphatic heterocycles. The van der Waals surface area contributed by atoms with E-state index in [1.54, 1.807) is 10.5 Å². The van der Waals surface area contributed by atoms with Gasteiger partial charge in [0.25, 0.3) is 0 Å². The molecule has 0 saturated carbocycles. The number of hydrogen-bond donors (Lipinski definition) is 0. The summed E-state index contributed by atoms with van der Waals surface area (Å²) in [6.45, 7) is 2.65. The molecule has 0 unspecified atom stereocenters. The second-order valence-corrected chi connectivity index (χ2v) is 7.54. The first kappa shape index (κ1) is 17.9. The van der Waals surface area contributed by atoms with Gasteiger partial charge in [0.05, 0.1) is 11.4 Å². The van der Waals surface area contributed by atoms with Crippen molar-refractivity contribution in [2.45, 2.75) is 25.3 Å². The van der Waals surface area contributed by atoms with Crippen LogP contribution in [0.2, 0.25) is 0 Å². The van der Waals surface area contributed by atoms with Gasteiger partial charge in [-0.2, -0.15) is 0 Å². The lowest BCUT2D eigenvalue weighted by atomic mass is 9.95. The number of benzene rings is 1. The first-order valence-electron chi connectivity index (χ1n) is 9.99. The minimum atomic E-state index is -0.284. The van der Waals surface area contributed by atoms with Crippen LogP contribution in [0.4, 0.5) is 4.39 Å². The summed E-state index contributed by atoms with van der Waals surface area (Å²) in [5.41, 5.74) is 3.39. The van der Waals surface area contributed by atoms with E-state index in [0.29, 0.717) is 11.6 Å². The molecule has 5 rings (SSSR count). The number of fused-ring (bicyclic) bond motifs is 1. The number of imidazole rings is 1. The number of likely N-dealkylation sites (tertiary alicyclic amines) is 1. The van der Waals surface area contributed by atoms with Gasteiger partial charge in [-0.05, 0) is 44.1 Å². The number of rotatable bonds is 4. The van der Waals surface area contributed by atoms with E-state index in [1.165, 1.54) is 6.07 Å². The summed E-state index contributed by atoms with van der Waals surface area (Å²) in [7, 11) is 0. The fraction of sp³-hybridized carbons (Fsp3) is 0.261. The highest BCUT2D eigenvalue weighted by molar-refractivity contribution is 5.58. The minimum absolute atomic E-state index is 0.284. The highest BCUT2D eigenvalue weighted by Crippen LogP contribution is 2.28. The van der Waals surface area contributed by atoms with Gasteiger partial charge in [-0.3, -0.25) is 4.90 Å². The van der Waals surface area contributed by atoms with Crippen LogP contribution in [0.5, 0.6) is 0 Å². The Morgan fingerprint density at radius 2 is 1.79 bits per heavy atom. The lowest BCUT2D eigenvalue weighted by Gasteiger charge is -2.30. The van der Waals surface area contributed by atoms with Crippen molar-refractivity contribution in [2.24, 2.45) is 0 Å². The summed E-state index contributed by atoms with van der Waals surface area (Å²) in [5, 5.41) is 0. The van der Waals surface area contributed by atoms with Crippen LogP contribution in [0.3, 0.4) is 0 Å². The molecular weight excluding hydrogens is 365 g/mol. The molecule has 4 aromatic rings. The van der Waals surface area contributed by atoms with Crippen molar-refractivity contribution in [1.82, 2.24) is 24.3 Å². The van der Waals surface area contributed by atoms with E-state index in [0.717, 1.165) is 55.3 Å². The Morgan fingerprint density at radius 3 is 2.59 bits per heavy atom. The quantitative estimate of drug-likeness (QED) is 0.524. The molecule has 0 amide bonds. The van der Waals surface area contributed by atoms with Gasteiger partial charge in [-0.15, -0.1) is 0 Å². The molecule has 146 valence electrons. The fourth-order valence-electron chi connectivity index (χ4n) is 4.02. The third kappa shape index (κ3) is 3.76. The first-order valence-corrected chi connectivity index (χ1v) is 9.99. The standard InChI is InChI=1S/C23H22FN5/c24-20-7-4-12-29-16-19(26-23(20)29)15-28-13-9-18(10-14-28)22-25-11-8-21(27-22)17-5-2-1-3-6-17/h1-8,11-12,16,18H,9-10,13-15H2. The van der Waals surface area contributed by atoms with E-state index < -0.39 is 0 Å². The molecule has 0 atom stereocenters. The zero-order valence-electron chi connectivity index (χ0n) is 16.1. The minimum Gasteiger partial charge on any atom is -0.304 e. The molecule has 0 radical (unpaired) electrons. The van der Waals surface area contributed by atoms with Crippen LogP contribution in [-0.4, -0.2) is 37.3 Å². The lowest BCUT2D eigenvalue weighted by Crippen LogP contribution is -2.33. The van der Waals surface area contributed by atoms with Gasteiger partial charge < -0.3 is 4.40 Å². The van der Waals surface area contributed by atoms with Crippen LogP contribution >= 0.6 is 0 Å². The average Bonchev–Trinajstić information content (AvgIpc) is 3.19. The summed E-state index contributed by atoms with van der Waals surface area (Å²) in [6.07, 6.45) is 7.64. The third-order valence-electron chi connectivity index (χ3n) is 5.57. The van der Waals surface area contributed by atoms with Crippen molar-refractivity contribution in [3.8, 4) is 11.3 Å². The molecule has 0 spiro atoms. The van der Waals surface area contributed by atoms with E-state index in [2.05, 4.69) is 27.0 Å². The van der Waals surface area contributed by atoms with Gasteiger partial charge in [0.2, 0.25) is 0 Å². The SMILES string of the molecule is Fc1cccn2cc(CN3CCC(c4nccc(-c5ccccc5)n4)CC3)nc12. The normalized spacial score (nSPS) is 15.8. The van der Waals surface area contributed by atoms with Crippen LogP contribution in [0.1, 0.15) is 30.3 Å². The summed E-state index contributed by atoms with van der Waals surface area (Å²) >= 11 is 0. The number of nitrogens with zero attached hydrogens (tertiary/aromatic N) is 5. The predicted molar refractivity (Wildman–Crippen MR) is 110 cm³/mol. The highest BCUT2D eigenvalue weighted by atomic mass is 19.1. The van der Waals surface area contributed by atoms with Crippen molar-refractivity contribution < 1.29 is 4.39 Å². The summed E-state index contributed by atoms with van der Waals surface area (Å²) in [5.74, 6) is 1.02. The first-order chi connectivity index (χ1) is 14.3. The van der Waals surface area contributed by atoms with Crippen LogP contribution in [0.25, 0.3) is 16.9 Å². The van der Waals surface area contributed by atoms with Crippen molar-refractivity contribution in [2.75, 3.05) is 13.1 Å². The maximum absolute atomic E-state index is 13.9. The summed E-state index contributed by atoms with van der Waals surface area (Å²) < 4.78 is 15.6. The largest absolute Gasteiger partial charge is 0.304 e. The van der Waals surface area contributed by atoms with Gasteiger partial charge in [-0.25, -0.2) is 19.3 Å². The van der Waals surface area contributed by atoms with Crippen molar-refractivity contribution in [1.29, 1.82) is 0 Å². The van der Waals surface area contributed by atoms with Crippen LogP contribution in [-0.2, 0) is 6.54 Å².